The van der Waals surface area contributed by atoms with Crippen molar-refractivity contribution in [2.75, 3.05) is 13.1 Å². The fourth-order valence-electron chi connectivity index (χ4n) is 2.59. The van der Waals surface area contributed by atoms with E-state index in [4.69, 9.17) is 11.6 Å². The summed E-state index contributed by atoms with van der Waals surface area (Å²) in [5, 5.41) is 4.34. The first-order chi connectivity index (χ1) is 8.70. The minimum Gasteiger partial charge on any atom is -0.311 e. The largest absolute Gasteiger partial charge is 0.311 e. The summed E-state index contributed by atoms with van der Waals surface area (Å²) in [5.74, 6) is 0. The maximum absolute atomic E-state index is 6.20. The molecule has 0 amide bonds. The SMILES string of the molecule is CCCC1CNC(C)CN1Cc1ccncc1Cl. The van der Waals surface area contributed by atoms with Crippen molar-refractivity contribution in [3.8, 4) is 0 Å². The van der Waals surface area contributed by atoms with Gasteiger partial charge in [-0.1, -0.05) is 24.9 Å². The summed E-state index contributed by atoms with van der Waals surface area (Å²) in [6.07, 6.45) is 6.02. The average molecular weight is 268 g/mol. The van der Waals surface area contributed by atoms with Crippen LogP contribution in [0.2, 0.25) is 5.02 Å². The topological polar surface area (TPSA) is 28.2 Å². The molecule has 4 heteroatoms. The summed E-state index contributed by atoms with van der Waals surface area (Å²) in [4.78, 5) is 6.59. The van der Waals surface area contributed by atoms with Crippen LogP contribution in [0.1, 0.15) is 32.3 Å². The molecular weight excluding hydrogens is 246 g/mol. The molecule has 3 nitrogen and oxygen atoms in total. The molecule has 0 aromatic carbocycles. The van der Waals surface area contributed by atoms with Gasteiger partial charge in [0.05, 0.1) is 5.02 Å². The van der Waals surface area contributed by atoms with Gasteiger partial charge in [-0.2, -0.15) is 0 Å². The summed E-state index contributed by atoms with van der Waals surface area (Å²) in [6, 6.07) is 3.20. The zero-order valence-electron chi connectivity index (χ0n) is 11.2. The Bertz CT molecular complexity index is 383. The van der Waals surface area contributed by atoms with Crippen molar-refractivity contribution >= 4 is 11.6 Å². The van der Waals surface area contributed by atoms with Crippen LogP contribution in [0, 0.1) is 0 Å². The Labute approximate surface area is 115 Å². The van der Waals surface area contributed by atoms with Crippen LogP contribution >= 0.6 is 11.6 Å². The van der Waals surface area contributed by atoms with Gasteiger partial charge >= 0.3 is 0 Å². The number of hydrogen-bond donors (Lipinski definition) is 1. The summed E-state index contributed by atoms with van der Waals surface area (Å²) < 4.78 is 0. The number of pyridine rings is 1. The van der Waals surface area contributed by atoms with Gasteiger partial charge in [0.2, 0.25) is 0 Å². The van der Waals surface area contributed by atoms with Gasteiger partial charge in [-0.15, -0.1) is 0 Å². The van der Waals surface area contributed by atoms with E-state index in [0.717, 1.165) is 24.7 Å². The van der Waals surface area contributed by atoms with Gasteiger partial charge in [0.1, 0.15) is 0 Å². The van der Waals surface area contributed by atoms with Crippen LogP contribution in [0.25, 0.3) is 0 Å². The molecule has 0 spiro atoms. The molecule has 2 unspecified atom stereocenters. The third-order valence-corrected chi connectivity index (χ3v) is 3.92. The van der Waals surface area contributed by atoms with Crippen LogP contribution in [0.3, 0.4) is 0 Å². The number of nitrogens with one attached hydrogen (secondary N) is 1. The molecule has 1 aliphatic rings. The first-order valence-electron chi connectivity index (χ1n) is 6.76. The van der Waals surface area contributed by atoms with E-state index >= 15 is 0 Å². The summed E-state index contributed by atoms with van der Waals surface area (Å²) in [7, 11) is 0. The Balaban J connectivity index is 2.06. The van der Waals surface area contributed by atoms with Crippen LogP contribution < -0.4 is 5.32 Å². The molecule has 18 heavy (non-hydrogen) atoms. The quantitative estimate of drug-likeness (QED) is 0.909. The third kappa shape index (κ3) is 3.44. The van der Waals surface area contributed by atoms with Crippen LogP contribution in [0.4, 0.5) is 0 Å². The number of aromatic nitrogens is 1. The van der Waals surface area contributed by atoms with Gasteiger partial charge in [-0.3, -0.25) is 9.88 Å². The smallest absolute Gasteiger partial charge is 0.0634 e. The Kier molecular flexibility index (Phi) is 4.98. The molecule has 0 aliphatic carbocycles. The lowest BCUT2D eigenvalue weighted by Gasteiger charge is -2.39. The molecule has 1 fully saturated rings. The van der Waals surface area contributed by atoms with Gasteiger partial charge in [-0.25, -0.2) is 0 Å². The van der Waals surface area contributed by atoms with Gasteiger partial charge in [0.15, 0.2) is 0 Å². The van der Waals surface area contributed by atoms with Crippen molar-refractivity contribution in [2.45, 2.75) is 45.3 Å². The van der Waals surface area contributed by atoms with E-state index in [1.54, 1.807) is 6.20 Å². The standard InChI is InChI=1S/C14H22ClN3/c1-3-4-13-7-17-11(2)9-18(13)10-12-5-6-16-8-14(12)15/h5-6,8,11,13,17H,3-4,7,9-10H2,1-2H3. The molecular formula is C14H22ClN3. The zero-order valence-corrected chi connectivity index (χ0v) is 12.0. The molecule has 1 aromatic heterocycles. The lowest BCUT2D eigenvalue weighted by atomic mass is 10.0. The molecule has 1 N–H and O–H groups in total. The van der Waals surface area contributed by atoms with Crippen molar-refractivity contribution in [3.05, 3.63) is 29.0 Å². The van der Waals surface area contributed by atoms with E-state index in [0.29, 0.717) is 12.1 Å². The second kappa shape index (κ2) is 6.50. The summed E-state index contributed by atoms with van der Waals surface area (Å²) in [5.41, 5.74) is 1.18. The zero-order chi connectivity index (χ0) is 13.0. The van der Waals surface area contributed by atoms with E-state index in [9.17, 15) is 0 Å². The number of hydrogen-bond acceptors (Lipinski definition) is 3. The van der Waals surface area contributed by atoms with E-state index in [1.807, 2.05) is 12.3 Å². The summed E-state index contributed by atoms with van der Waals surface area (Å²) in [6.45, 7) is 7.58. The average Bonchev–Trinajstić information content (AvgIpc) is 2.36. The van der Waals surface area contributed by atoms with Gasteiger partial charge < -0.3 is 5.32 Å². The fourth-order valence-corrected chi connectivity index (χ4v) is 2.77. The molecule has 0 radical (unpaired) electrons. The molecule has 2 heterocycles. The van der Waals surface area contributed by atoms with Gasteiger partial charge in [0.25, 0.3) is 0 Å². The fraction of sp³-hybridized carbons (Fsp3) is 0.643. The second-order valence-electron chi connectivity index (χ2n) is 5.15. The molecule has 1 saturated heterocycles. The van der Waals surface area contributed by atoms with Crippen molar-refractivity contribution < 1.29 is 0 Å². The maximum atomic E-state index is 6.20. The molecule has 1 aromatic rings. The highest BCUT2D eigenvalue weighted by Crippen LogP contribution is 2.20. The first-order valence-corrected chi connectivity index (χ1v) is 7.14. The number of halogens is 1. The Morgan fingerprint density at radius 3 is 3.11 bits per heavy atom. The molecule has 2 rings (SSSR count). The predicted octanol–water partition coefficient (Wildman–Crippen LogP) is 2.70. The third-order valence-electron chi connectivity index (χ3n) is 3.58. The maximum Gasteiger partial charge on any atom is 0.0634 e. The van der Waals surface area contributed by atoms with Crippen molar-refractivity contribution in [2.24, 2.45) is 0 Å². The predicted molar refractivity (Wildman–Crippen MR) is 75.8 cm³/mol. The highest BCUT2D eigenvalue weighted by Gasteiger charge is 2.25. The van der Waals surface area contributed by atoms with Crippen molar-refractivity contribution in [3.63, 3.8) is 0 Å². The minimum absolute atomic E-state index is 0.554. The minimum atomic E-state index is 0.554. The number of nitrogens with zero attached hydrogens (tertiary/aromatic N) is 2. The Morgan fingerprint density at radius 2 is 2.39 bits per heavy atom. The lowest BCUT2D eigenvalue weighted by Crippen LogP contribution is -2.54. The molecule has 0 saturated carbocycles. The number of rotatable bonds is 4. The molecule has 0 bridgehead atoms. The molecule has 100 valence electrons. The lowest BCUT2D eigenvalue weighted by molar-refractivity contribution is 0.120. The van der Waals surface area contributed by atoms with E-state index in [1.165, 1.54) is 18.4 Å². The Hall–Kier alpha value is -0.640. The monoisotopic (exact) mass is 267 g/mol. The van der Waals surface area contributed by atoms with E-state index in [-0.39, 0.29) is 0 Å². The second-order valence-corrected chi connectivity index (χ2v) is 5.56. The number of piperazine rings is 1. The normalized spacial score (nSPS) is 25.3. The summed E-state index contributed by atoms with van der Waals surface area (Å²) >= 11 is 6.20. The highest BCUT2D eigenvalue weighted by atomic mass is 35.5. The van der Waals surface area contributed by atoms with E-state index < -0.39 is 0 Å². The van der Waals surface area contributed by atoms with Gasteiger partial charge in [0, 0.05) is 44.1 Å². The van der Waals surface area contributed by atoms with Crippen LogP contribution in [-0.4, -0.2) is 35.1 Å². The Morgan fingerprint density at radius 1 is 1.56 bits per heavy atom. The van der Waals surface area contributed by atoms with E-state index in [2.05, 4.69) is 29.0 Å². The van der Waals surface area contributed by atoms with Crippen LogP contribution in [0.15, 0.2) is 18.5 Å². The first kappa shape index (κ1) is 13.8. The molecule has 2 atom stereocenters. The van der Waals surface area contributed by atoms with Crippen LogP contribution in [-0.2, 0) is 6.54 Å². The highest BCUT2D eigenvalue weighted by molar-refractivity contribution is 6.31. The molecule has 1 aliphatic heterocycles. The van der Waals surface area contributed by atoms with Crippen molar-refractivity contribution in [1.29, 1.82) is 0 Å². The van der Waals surface area contributed by atoms with Gasteiger partial charge in [-0.05, 0) is 25.0 Å². The van der Waals surface area contributed by atoms with Crippen molar-refractivity contribution in [1.82, 2.24) is 15.2 Å². The van der Waals surface area contributed by atoms with Crippen LogP contribution in [0.5, 0.6) is 0 Å².